The number of rotatable bonds is 5. The van der Waals surface area contributed by atoms with Gasteiger partial charge < -0.3 is 5.32 Å². The number of likely N-dealkylation sites (N-methyl/N-ethyl adjacent to an activating group) is 1. The van der Waals surface area contributed by atoms with Crippen LogP contribution in [0.15, 0.2) is 41.0 Å². The van der Waals surface area contributed by atoms with Crippen LogP contribution in [0, 0.1) is 13.8 Å². The van der Waals surface area contributed by atoms with E-state index in [2.05, 4.69) is 71.3 Å². The molecule has 2 rings (SSSR count). The van der Waals surface area contributed by atoms with E-state index in [0.717, 1.165) is 18.7 Å². The van der Waals surface area contributed by atoms with Gasteiger partial charge in [-0.15, -0.1) is 0 Å². The molecule has 1 heterocycles. The second kappa shape index (κ2) is 7.00. The maximum atomic E-state index is 4.52. The molecule has 1 aromatic carbocycles. The molecule has 0 bridgehead atoms. The Morgan fingerprint density at radius 3 is 2.60 bits per heavy atom. The number of aryl methyl sites for hydroxylation is 2. The first-order valence-corrected chi connectivity index (χ1v) is 7.81. The Labute approximate surface area is 129 Å². The summed E-state index contributed by atoms with van der Waals surface area (Å²) < 4.78 is 1.19. The summed E-state index contributed by atoms with van der Waals surface area (Å²) in [6, 6.07) is 10.8. The Hall–Kier alpha value is -1.19. The van der Waals surface area contributed by atoms with Gasteiger partial charge in [-0.05, 0) is 43.1 Å². The Kier molecular flexibility index (Phi) is 5.32. The van der Waals surface area contributed by atoms with Crippen LogP contribution < -0.4 is 5.32 Å². The fraction of sp³-hybridized carbons (Fsp3) is 0.353. The second-order valence-corrected chi connectivity index (χ2v) is 5.85. The van der Waals surface area contributed by atoms with E-state index in [9.17, 15) is 0 Å². The fourth-order valence-corrected chi connectivity index (χ4v) is 2.94. The summed E-state index contributed by atoms with van der Waals surface area (Å²) in [4.78, 5) is 4.52. The fourth-order valence-electron chi connectivity index (χ4n) is 2.40. The zero-order valence-electron chi connectivity index (χ0n) is 12.3. The zero-order valence-corrected chi connectivity index (χ0v) is 13.9. The van der Waals surface area contributed by atoms with Gasteiger partial charge in [0.2, 0.25) is 0 Å². The molecule has 0 radical (unpaired) electrons. The number of hydrogen-bond acceptors (Lipinski definition) is 2. The van der Waals surface area contributed by atoms with Crippen molar-refractivity contribution in [3.63, 3.8) is 0 Å². The van der Waals surface area contributed by atoms with Crippen molar-refractivity contribution >= 4 is 15.9 Å². The van der Waals surface area contributed by atoms with Crippen molar-refractivity contribution in [2.45, 2.75) is 33.2 Å². The van der Waals surface area contributed by atoms with Gasteiger partial charge >= 0.3 is 0 Å². The minimum atomic E-state index is 0.280. The number of hydrogen-bond donors (Lipinski definition) is 1. The molecule has 2 aromatic rings. The SMILES string of the molecule is CCNC(Cc1ncccc1C)c1cccc(C)c1Br. The Balaban J connectivity index is 2.32. The molecule has 106 valence electrons. The molecule has 0 aliphatic carbocycles. The van der Waals surface area contributed by atoms with Crippen molar-refractivity contribution in [2.75, 3.05) is 6.54 Å². The van der Waals surface area contributed by atoms with Crippen molar-refractivity contribution in [3.05, 3.63) is 63.4 Å². The highest BCUT2D eigenvalue weighted by atomic mass is 79.9. The summed E-state index contributed by atoms with van der Waals surface area (Å²) in [5.41, 5.74) is 4.98. The van der Waals surface area contributed by atoms with Crippen LogP contribution in [0.1, 0.15) is 35.3 Å². The van der Waals surface area contributed by atoms with E-state index in [0.29, 0.717) is 0 Å². The van der Waals surface area contributed by atoms with Gasteiger partial charge in [-0.25, -0.2) is 0 Å². The van der Waals surface area contributed by atoms with E-state index < -0.39 is 0 Å². The van der Waals surface area contributed by atoms with E-state index in [1.54, 1.807) is 0 Å². The maximum Gasteiger partial charge on any atom is 0.0451 e. The number of aromatic nitrogens is 1. The lowest BCUT2D eigenvalue weighted by Gasteiger charge is -2.21. The molecule has 0 aliphatic heterocycles. The summed E-state index contributed by atoms with van der Waals surface area (Å²) in [5, 5.41) is 3.57. The van der Waals surface area contributed by atoms with Crippen LogP contribution in [0.25, 0.3) is 0 Å². The molecular formula is C17H21BrN2. The van der Waals surface area contributed by atoms with Gasteiger partial charge in [0.15, 0.2) is 0 Å². The molecule has 1 N–H and O–H groups in total. The Morgan fingerprint density at radius 2 is 1.90 bits per heavy atom. The molecule has 0 spiro atoms. The molecule has 0 amide bonds. The quantitative estimate of drug-likeness (QED) is 0.880. The maximum absolute atomic E-state index is 4.52. The number of nitrogens with one attached hydrogen (secondary N) is 1. The number of benzene rings is 1. The van der Waals surface area contributed by atoms with Crippen LogP contribution in [0.2, 0.25) is 0 Å². The van der Waals surface area contributed by atoms with Crippen molar-refractivity contribution in [1.82, 2.24) is 10.3 Å². The Morgan fingerprint density at radius 1 is 1.15 bits per heavy atom. The third-order valence-corrected chi connectivity index (χ3v) is 4.65. The molecular weight excluding hydrogens is 312 g/mol. The second-order valence-electron chi connectivity index (χ2n) is 5.06. The van der Waals surface area contributed by atoms with Gasteiger partial charge in [0.1, 0.15) is 0 Å². The van der Waals surface area contributed by atoms with E-state index in [1.807, 2.05) is 12.3 Å². The molecule has 3 heteroatoms. The molecule has 0 aliphatic rings. The van der Waals surface area contributed by atoms with Gasteiger partial charge in [0, 0.05) is 28.8 Å². The lowest BCUT2D eigenvalue weighted by atomic mass is 9.98. The highest BCUT2D eigenvalue weighted by Crippen LogP contribution is 2.29. The van der Waals surface area contributed by atoms with Gasteiger partial charge in [-0.2, -0.15) is 0 Å². The highest BCUT2D eigenvalue weighted by molar-refractivity contribution is 9.10. The van der Waals surface area contributed by atoms with Crippen LogP contribution >= 0.6 is 15.9 Å². The predicted molar refractivity (Wildman–Crippen MR) is 88.0 cm³/mol. The summed E-state index contributed by atoms with van der Waals surface area (Å²) in [6.45, 7) is 7.33. The van der Waals surface area contributed by atoms with Gasteiger partial charge in [-0.3, -0.25) is 4.98 Å². The minimum absolute atomic E-state index is 0.280. The van der Waals surface area contributed by atoms with Crippen LogP contribution in [0.4, 0.5) is 0 Å². The van der Waals surface area contributed by atoms with Crippen LogP contribution in [0.5, 0.6) is 0 Å². The third kappa shape index (κ3) is 3.47. The van der Waals surface area contributed by atoms with Crippen LogP contribution in [-0.4, -0.2) is 11.5 Å². The molecule has 1 atom stereocenters. The topological polar surface area (TPSA) is 24.9 Å². The number of nitrogens with zero attached hydrogens (tertiary/aromatic N) is 1. The Bertz CT molecular complexity index is 581. The van der Waals surface area contributed by atoms with E-state index >= 15 is 0 Å². The lowest BCUT2D eigenvalue weighted by molar-refractivity contribution is 0.540. The number of halogens is 1. The molecule has 1 unspecified atom stereocenters. The summed E-state index contributed by atoms with van der Waals surface area (Å²) in [5.74, 6) is 0. The predicted octanol–water partition coefficient (Wildman–Crippen LogP) is 4.35. The molecule has 0 fully saturated rings. The van der Waals surface area contributed by atoms with Gasteiger partial charge in [0.05, 0.1) is 0 Å². The zero-order chi connectivity index (χ0) is 14.5. The molecule has 2 nitrogen and oxygen atoms in total. The van der Waals surface area contributed by atoms with Crippen molar-refractivity contribution in [3.8, 4) is 0 Å². The largest absolute Gasteiger partial charge is 0.310 e. The summed E-state index contributed by atoms with van der Waals surface area (Å²) >= 11 is 3.72. The van der Waals surface area contributed by atoms with Crippen LogP contribution in [-0.2, 0) is 6.42 Å². The smallest absolute Gasteiger partial charge is 0.0451 e. The number of pyridine rings is 1. The lowest BCUT2D eigenvalue weighted by Crippen LogP contribution is -2.24. The average Bonchev–Trinajstić information content (AvgIpc) is 2.44. The van der Waals surface area contributed by atoms with E-state index in [4.69, 9.17) is 0 Å². The van der Waals surface area contributed by atoms with Crippen molar-refractivity contribution < 1.29 is 0 Å². The van der Waals surface area contributed by atoms with E-state index in [-0.39, 0.29) is 6.04 Å². The highest BCUT2D eigenvalue weighted by Gasteiger charge is 2.16. The molecule has 0 saturated carbocycles. The first-order chi connectivity index (χ1) is 9.63. The normalized spacial score (nSPS) is 12.4. The van der Waals surface area contributed by atoms with Gasteiger partial charge in [-0.1, -0.05) is 47.1 Å². The standard InChI is InChI=1S/C17H21BrN2/c1-4-19-16(11-15-12(2)8-6-10-20-15)14-9-5-7-13(3)17(14)18/h5-10,16,19H,4,11H2,1-3H3. The monoisotopic (exact) mass is 332 g/mol. The minimum Gasteiger partial charge on any atom is -0.310 e. The average molecular weight is 333 g/mol. The van der Waals surface area contributed by atoms with Crippen molar-refractivity contribution in [2.24, 2.45) is 0 Å². The third-order valence-electron chi connectivity index (χ3n) is 3.56. The molecule has 1 aromatic heterocycles. The van der Waals surface area contributed by atoms with Crippen molar-refractivity contribution in [1.29, 1.82) is 0 Å². The summed E-state index contributed by atoms with van der Waals surface area (Å²) in [6.07, 6.45) is 2.78. The summed E-state index contributed by atoms with van der Waals surface area (Å²) in [7, 11) is 0. The van der Waals surface area contributed by atoms with Gasteiger partial charge in [0.25, 0.3) is 0 Å². The van der Waals surface area contributed by atoms with Crippen LogP contribution in [0.3, 0.4) is 0 Å². The first-order valence-electron chi connectivity index (χ1n) is 7.02. The first kappa shape index (κ1) is 15.2. The molecule has 20 heavy (non-hydrogen) atoms. The molecule has 0 saturated heterocycles. The van der Waals surface area contributed by atoms with E-state index in [1.165, 1.54) is 21.2 Å².